The monoisotopic (exact) mass is 292 g/mol. The Bertz CT molecular complexity index is 745. The van der Waals surface area contributed by atoms with Gasteiger partial charge in [0, 0.05) is 34.9 Å². The van der Waals surface area contributed by atoms with Crippen LogP contribution in [-0.2, 0) is 0 Å². The molecule has 1 aromatic carbocycles. The molecule has 0 spiro atoms. The number of H-pyrrole nitrogens is 2. The van der Waals surface area contributed by atoms with Gasteiger partial charge in [0.1, 0.15) is 0 Å². The van der Waals surface area contributed by atoms with E-state index in [4.69, 9.17) is 0 Å². The van der Waals surface area contributed by atoms with Gasteiger partial charge in [0.2, 0.25) is 0 Å². The summed E-state index contributed by atoms with van der Waals surface area (Å²) in [5, 5.41) is 1.39. The van der Waals surface area contributed by atoms with Crippen molar-refractivity contribution in [1.29, 1.82) is 0 Å². The van der Waals surface area contributed by atoms with Gasteiger partial charge in [-0.3, -0.25) is 0 Å². The summed E-state index contributed by atoms with van der Waals surface area (Å²) in [4.78, 5) is 6.80. The Balaban J connectivity index is 1.73. The summed E-state index contributed by atoms with van der Waals surface area (Å²) >= 11 is 0. The number of aromatic nitrogens is 2. The third-order valence-corrected chi connectivity index (χ3v) is 5.37. The molecule has 0 bridgehead atoms. The third-order valence-electron chi connectivity index (χ3n) is 5.37. The summed E-state index contributed by atoms with van der Waals surface area (Å²) in [5.41, 5.74) is 5.47. The van der Waals surface area contributed by atoms with E-state index in [1.54, 1.807) is 0 Å². The van der Waals surface area contributed by atoms with Gasteiger partial charge in [0.05, 0.1) is 0 Å². The molecule has 0 amide bonds. The van der Waals surface area contributed by atoms with Crippen molar-refractivity contribution in [3.63, 3.8) is 0 Å². The number of aromatic amines is 2. The van der Waals surface area contributed by atoms with Crippen molar-refractivity contribution in [2.45, 2.75) is 50.9 Å². The van der Waals surface area contributed by atoms with Gasteiger partial charge < -0.3 is 9.97 Å². The predicted molar refractivity (Wildman–Crippen MR) is 92.4 cm³/mol. The summed E-state index contributed by atoms with van der Waals surface area (Å²) in [5.74, 6) is 1.16. The van der Waals surface area contributed by atoms with Crippen LogP contribution in [0.3, 0.4) is 0 Å². The predicted octanol–water partition coefficient (Wildman–Crippen LogP) is 5.70. The Morgan fingerprint density at radius 2 is 1.91 bits per heavy atom. The van der Waals surface area contributed by atoms with E-state index in [2.05, 4.69) is 53.4 Å². The molecule has 0 radical (unpaired) electrons. The largest absolute Gasteiger partial charge is 0.364 e. The fourth-order valence-electron chi connectivity index (χ4n) is 3.99. The van der Waals surface area contributed by atoms with Gasteiger partial charge in [-0.25, -0.2) is 0 Å². The normalized spacial score (nSPS) is 17.9. The Labute approximate surface area is 132 Å². The Hall–Kier alpha value is -1.96. The lowest BCUT2D eigenvalue weighted by Gasteiger charge is -2.22. The molecule has 0 aliphatic heterocycles. The van der Waals surface area contributed by atoms with Crippen LogP contribution in [-0.4, -0.2) is 9.97 Å². The van der Waals surface area contributed by atoms with Crippen molar-refractivity contribution >= 4 is 10.9 Å². The van der Waals surface area contributed by atoms with Crippen LogP contribution in [0.15, 0.2) is 42.7 Å². The zero-order valence-electron chi connectivity index (χ0n) is 13.2. The van der Waals surface area contributed by atoms with E-state index in [0.29, 0.717) is 5.92 Å². The number of nitrogens with one attached hydrogen (secondary N) is 2. The minimum Gasteiger partial charge on any atom is -0.364 e. The second kappa shape index (κ2) is 5.68. The van der Waals surface area contributed by atoms with Crippen LogP contribution in [0, 0.1) is 0 Å². The Morgan fingerprint density at radius 3 is 2.68 bits per heavy atom. The van der Waals surface area contributed by atoms with Crippen LogP contribution in [0.5, 0.6) is 0 Å². The zero-order chi connectivity index (χ0) is 14.9. The minimum atomic E-state index is 0.394. The SMILES string of the molecule is CC(c1ccc[nH]1)c1c[nH]c2ccc(C3CCCCC3)cc12. The van der Waals surface area contributed by atoms with Crippen LogP contribution >= 0.6 is 0 Å². The molecular formula is C20H24N2. The quantitative estimate of drug-likeness (QED) is 0.621. The van der Waals surface area contributed by atoms with Gasteiger partial charge in [-0.1, -0.05) is 32.3 Å². The summed E-state index contributed by atoms with van der Waals surface area (Å²) in [6.45, 7) is 2.28. The minimum absolute atomic E-state index is 0.394. The van der Waals surface area contributed by atoms with Crippen molar-refractivity contribution in [2.75, 3.05) is 0 Å². The molecule has 114 valence electrons. The smallest absolute Gasteiger partial charge is 0.0457 e. The topological polar surface area (TPSA) is 31.6 Å². The van der Waals surface area contributed by atoms with Crippen molar-refractivity contribution in [3.8, 4) is 0 Å². The maximum Gasteiger partial charge on any atom is 0.0457 e. The molecule has 2 aromatic heterocycles. The van der Waals surface area contributed by atoms with E-state index < -0.39 is 0 Å². The van der Waals surface area contributed by atoms with Crippen molar-refractivity contribution in [1.82, 2.24) is 9.97 Å². The first-order valence-corrected chi connectivity index (χ1v) is 8.57. The van der Waals surface area contributed by atoms with E-state index in [9.17, 15) is 0 Å². The highest BCUT2D eigenvalue weighted by Gasteiger charge is 2.18. The van der Waals surface area contributed by atoms with E-state index in [1.807, 2.05) is 6.20 Å². The van der Waals surface area contributed by atoms with Gasteiger partial charge in [-0.2, -0.15) is 0 Å². The first kappa shape index (κ1) is 13.7. The molecule has 2 nitrogen and oxygen atoms in total. The number of fused-ring (bicyclic) bond motifs is 1. The third kappa shape index (κ3) is 2.37. The molecule has 22 heavy (non-hydrogen) atoms. The van der Waals surface area contributed by atoms with Crippen LogP contribution < -0.4 is 0 Å². The number of hydrogen-bond acceptors (Lipinski definition) is 0. The maximum atomic E-state index is 3.45. The van der Waals surface area contributed by atoms with Gasteiger partial charge in [0.15, 0.2) is 0 Å². The lowest BCUT2D eigenvalue weighted by atomic mass is 9.83. The van der Waals surface area contributed by atoms with Crippen LogP contribution in [0.25, 0.3) is 10.9 Å². The molecule has 1 saturated carbocycles. The molecule has 1 unspecified atom stereocenters. The summed E-state index contributed by atoms with van der Waals surface area (Å²) < 4.78 is 0. The Kier molecular flexibility index (Phi) is 3.53. The highest BCUT2D eigenvalue weighted by atomic mass is 14.7. The molecule has 1 atom stereocenters. The molecule has 4 rings (SSSR count). The first-order valence-electron chi connectivity index (χ1n) is 8.57. The molecule has 0 saturated heterocycles. The second-order valence-electron chi connectivity index (χ2n) is 6.73. The van der Waals surface area contributed by atoms with E-state index in [0.717, 1.165) is 5.92 Å². The highest BCUT2D eigenvalue weighted by molar-refractivity contribution is 5.85. The van der Waals surface area contributed by atoms with E-state index in [-0.39, 0.29) is 0 Å². The second-order valence-corrected chi connectivity index (χ2v) is 6.73. The molecule has 2 heterocycles. The zero-order valence-corrected chi connectivity index (χ0v) is 13.2. The molecule has 2 heteroatoms. The van der Waals surface area contributed by atoms with Gasteiger partial charge >= 0.3 is 0 Å². The molecule has 1 aliphatic rings. The number of benzene rings is 1. The maximum absolute atomic E-state index is 3.45. The summed E-state index contributed by atoms with van der Waals surface area (Å²) in [6.07, 6.45) is 11.1. The molecule has 1 aliphatic carbocycles. The average Bonchev–Trinajstić information content (AvgIpc) is 3.24. The highest BCUT2D eigenvalue weighted by Crippen LogP contribution is 2.36. The van der Waals surface area contributed by atoms with Gasteiger partial charge in [-0.05, 0) is 54.2 Å². The van der Waals surface area contributed by atoms with Crippen molar-refractivity contribution < 1.29 is 0 Å². The molecular weight excluding hydrogens is 268 g/mol. The summed E-state index contributed by atoms with van der Waals surface area (Å²) in [7, 11) is 0. The molecule has 3 aromatic rings. The van der Waals surface area contributed by atoms with Crippen molar-refractivity contribution in [2.24, 2.45) is 0 Å². The average molecular weight is 292 g/mol. The fraction of sp³-hybridized carbons (Fsp3) is 0.400. The first-order chi connectivity index (χ1) is 10.8. The van der Waals surface area contributed by atoms with Crippen LogP contribution in [0.4, 0.5) is 0 Å². The lowest BCUT2D eigenvalue weighted by Crippen LogP contribution is -2.04. The van der Waals surface area contributed by atoms with Crippen LogP contribution in [0.1, 0.15) is 67.7 Å². The lowest BCUT2D eigenvalue weighted by molar-refractivity contribution is 0.444. The number of hydrogen-bond donors (Lipinski definition) is 2. The number of rotatable bonds is 3. The Morgan fingerprint density at radius 1 is 1.05 bits per heavy atom. The summed E-state index contributed by atoms with van der Waals surface area (Å²) in [6, 6.07) is 11.3. The van der Waals surface area contributed by atoms with Crippen LogP contribution in [0.2, 0.25) is 0 Å². The van der Waals surface area contributed by atoms with Gasteiger partial charge in [-0.15, -0.1) is 0 Å². The van der Waals surface area contributed by atoms with E-state index >= 15 is 0 Å². The molecule has 1 fully saturated rings. The van der Waals surface area contributed by atoms with Gasteiger partial charge in [0.25, 0.3) is 0 Å². The van der Waals surface area contributed by atoms with Crippen molar-refractivity contribution in [3.05, 3.63) is 59.5 Å². The molecule has 2 N–H and O–H groups in total. The fourth-order valence-corrected chi connectivity index (χ4v) is 3.99. The van der Waals surface area contributed by atoms with E-state index in [1.165, 1.54) is 59.8 Å². The standard InChI is InChI=1S/C20H24N2/c1-14(19-8-5-11-21-19)18-13-22-20-10-9-16(12-17(18)20)15-6-3-2-4-7-15/h5,8-15,21-22H,2-4,6-7H2,1H3.